The standard InChI is InChI=1S/C13H24O2.C5H11NO2.C4H8O/c1-3-7-12-8-5-4-6-9-13(14)15-11(2)10-12;1-5(2,3)8-4(6)7;1-4(2)3-5/h11-12H,3-10H2,1-2H3;1-3H3,(H2,6,7);5H,1,3H2,2H3. The molecule has 0 radical (unpaired) electrons. The summed E-state index contributed by atoms with van der Waals surface area (Å²) in [6, 6.07) is 0. The quantitative estimate of drug-likeness (QED) is 0.505. The van der Waals surface area contributed by atoms with E-state index in [-0.39, 0.29) is 18.7 Å². The molecule has 2 unspecified atom stereocenters. The molecule has 2 atom stereocenters. The van der Waals surface area contributed by atoms with Gasteiger partial charge in [0.1, 0.15) is 5.60 Å². The molecule has 0 aliphatic carbocycles. The van der Waals surface area contributed by atoms with Gasteiger partial charge >= 0.3 is 12.1 Å². The van der Waals surface area contributed by atoms with Crippen molar-refractivity contribution < 1.29 is 24.2 Å². The van der Waals surface area contributed by atoms with E-state index in [2.05, 4.69) is 18.2 Å². The van der Waals surface area contributed by atoms with Gasteiger partial charge in [0.15, 0.2) is 0 Å². The minimum Gasteiger partial charge on any atom is -0.463 e. The van der Waals surface area contributed by atoms with Gasteiger partial charge < -0.3 is 20.3 Å². The average Bonchev–Trinajstić information content (AvgIpc) is 2.53. The predicted octanol–water partition coefficient (Wildman–Crippen LogP) is 5.12. The number of carbonyl (C=O) groups excluding carboxylic acids is 2. The zero-order valence-corrected chi connectivity index (χ0v) is 18.9. The van der Waals surface area contributed by atoms with Crippen molar-refractivity contribution in [2.75, 3.05) is 6.61 Å². The molecule has 1 fully saturated rings. The van der Waals surface area contributed by atoms with E-state index < -0.39 is 11.7 Å². The summed E-state index contributed by atoms with van der Waals surface area (Å²) in [5, 5.41) is 8.04. The van der Waals surface area contributed by atoms with Gasteiger partial charge in [0.25, 0.3) is 0 Å². The van der Waals surface area contributed by atoms with Crippen LogP contribution in [0.15, 0.2) is 12.2 Å². The number of ether oxygens (including phenoxy) is 2. The summed E-state index contributed by atoms with van der Waals surface area (Å²) in [4.78, 5) is 21.4. The maximum atomic E-state index is 11.4. The van der Waals surface area contributed by atoms with Crippen molar-refractivity contribution in [3.05, 3.63) is 12.2 Å². The Bertz CT molecular complexity index is 443. The molecule has 0 saturated carbocycles. The minimum atomic E-state index is -0.725. The molecule has 28 heavy (non-hydrogen) atoms. The van der Waals surface area contributed by atoms with Gasteiger partial charge in [-0.15, -0.1) is 0 Å². The Kier molecular flexibility index (Phi) is 16.8. The predicted molar refractivity (Wildman–Crippen MR) is 114 cm³/mol. The fourth-order valence-corrected chi connectivity index (χ4v) is 2.77. The van der Waals surface area contributed by atoms with Crippen molar-refractivity contribution >= 4 is 12.1 Å². The average molecular weight is 402 g/mol. The van der Waals surface area contributed by atoms with E-state index in [1.54, 1.807) is 27.7 Å². The van der Waals surface area contributed by atoms with Crippen LogP contribution in [0.25, 0.3) is 0 Å². The van der Waals surface area contributed by atoms with Crippen molar-refractivity contribution in [3.63, 3.8) is 0 Å². The Balaban J connectivity index is 0. The molecule has 1 aliphatic rings. The van der Waals surface area contributed by atoms with Crippen LogP contribution >= 0.6 is 0 Å². The number of amides is 1. The number of carbonyl (C=O) groups is 2. The highest BCUT2D eigenvalue weighted by molar-refractivity contribution is 5.69. The Hall–Kier alpha value is -1.56. The summed E-state index contributed by atoms with van der Waals surface area (Å²) < 4.78 is 9.94. The third kappa shape index (κ3) is 22.5. The number of nitrogens with two attached hydrogens (primary N) is 1. The van der Waals surface area contributed by atoms with E-state index in [4.69, 9.17) is 15.6 Å². The van der Waals surface area contributed by atoms with Gasteiger partial charge in [0.2, 0.25) is 0 Å². The van der Waals surface area contributed by atoms with Gasteiger partial charge in [-0.1, -0.05) is 51.2 Å². The number of hydrogen-bond donors (Lipinski definition) is 2. The zero-order chi connectivity index (χ0) is 22.2. The number of aliphatic hydroxyl groups is 1. The van der Waals surface area contributed by atoms with Gasteiger partial charge in [0.05, 0.1) is 12.7 Å². The van der Waals surface area contributed by atoms with Crippen LogP contribution in [0.2, 0.25) is 0 Å². The summed E-state index contributed by atoms with van der Waals surface area (Å²) in [6.07, 6.45) is 8.37. The Morgan fingerprint density at radius 2 is 1.89 bits per heavy atom. The van der Waals surface area contributed by atoms with E-state index in [1.165, 1.54) is 32.1 Å². The molecule has 6 heteroatoms. The lowest BCUT2D eigenvalue weighted by Crippen LogP contribution is -2.27. The van der Waals surface area contributed by atoms with Crippen molar-refractivity contribution in [1.82, 2.24) is 0 Å². The Labute approximate surface area is 171 Å². The SMILES string of the molecule is C=C(C)CO.CC(C)(C)OC(N)=O.CCCC1CCCCCC(=O)OC(C)C1. The van der Waals surface area contributed by atoms with E-state index in [9.17, 15) is 9.59 Å². The van der Waals surface area contributed by atoms with Crippen LogP contribution < -0.4 is 5.73 Å². The van der Waals surface area contributed by atoms with Crippen molar-refractivity contribution in [2.24, 2.45) is 11.7 Å². The number of primary amides is 1. The van der Waals surface area contributed by atoms with Crippen molar-refractivity contribution in [1.29, 1.82) is 0 Å². The first kappa shape index (κ1) is 28.6. The van der Waals surface area contributed by atoms with E-state index in [1.807, 2.05) is 6.92 Å². The molecule has 166 valence electrons. The Morgan fingerprint density at radius 1 is 1.32 bits per heavy atom. The lowest BCUT2D eigenvalue weighted by molar-refractivity contribution is -0.149. The van der Waals surface area contributed by atoms with E-state index >= 15 is 0 Å². The molecule has 3 N–H and O–H groups in total. The highest BCUT2D eigenvalue weighted by Crippen LogP contribution is 2.24. The minimum absolute atomic E-state index is 0.000325. The summed E-state index contributed by atoms with van der Waals surface area (Å²) in [5.41, 5.74) is 5.08. The summed E-state index contributed by atoms with van der Waals surface area (Å²) >= 11 is 0. The molecule has 0 aromatic rings. The molecular weight excluding hydrogens is 358 g/mol. The molecular formula is C22H43NO5. The largest absolute Gasteiger partial charge is 0.463 e. The van der Waals surface area contributed by atoms with Gasteiger partial charge in [-0.05, 0) is 53.4 Å². The number of aliphatic hydroxyl groups excluding tert-OH is 1. The van der Waals surface area contributed by atoms with E-state index in [0.29, 0.717) is 6.42 Å². The van der Waals surface area contributed by atoms with Crippen LogP contribution in [0.1, 0.15) is 92.9 Å². The zero-order valence-electron chi connectivity index (χ0n) is 18.9. The first-order valence-corrected chi connectivity index (χ1v) is 10.3. The molecule has 1 aliphatic heterocycles. The maximum absolute atomic E-state index is 11.4. The molecule has 1 saturated heterocycles. The lowest BCUT2D eigenvalue weighted by atomic mass is 9.91. The second-order valence-corrected chi connectivity index (χ2v) is 8.44. The topological polar surface area (TPSA) is 98.9 Å². The fraction of sp³-hybridized carbons (Fsp3) is 0.818. The van der Waals surface area contributed by atoms with Crippen LogP contribution in [-0.4, -0.2) is 35.5 Å². The number of hydrogen-bond acceptors (Lipinski definition) is 5. The molecule has 1 amide bonds. The first-order valence-electron chi connectivity index (χ1n) is 10.3. The monoisotopic (exact) mass is 401 g/mol. The van der Waals surface area contributed by atoms with Crippen LogP contribution in [0, 0.1) is 5.92 Å². The van der Waals surface area contributed by atoms with Crippen LogP contribution in [0.3, 0.4) is 0 Å². The lowest BCUT2D eigenvalue weighted by Gasteiger charge is -2.22. The van der Waals surface area contributed by atoms with Gasteiger partial charge in [0, 0.05) is 6.42 Å². The highest BCUT2D eigenvalue weighted by Gasteiger charge is 2.17. The number of rotatable bonds is 3. The summed E-state index contributed by atoms with van der Waals surface area (Å²) in [5.74, 6) is 0.760. The molecule has 6 nitrogen and oxygen atoms in total. The number of cyclic esters (lactones) is 1. The third-order valence-electron chi connectivity index (χ3n) is 3.86. The third-order valence-corrected chi connectivity index (χ3v) is 3.86. The first-order chi connectivity index (χ1) is 12.9. The highest BCUT2D eigenvalue weighted by atomic mass is 16.6. The maximum Gasteiger partial charge on any atom is 0.405 e. The summed E-state index contributed by atoms with van der Waals surface area (Å²) in [6.45, 7) is 14.9. The molecule has 1 rings (SSSR count). The van der Waals surface area contributed by atoms with Crippen molar-refractivity contribution in [3.8, 4) is 0 Å². The molecule has 0 aromatic carbocycles. The van der Waals surface area contributed by atoms with Crippen LogP contribution in [0.5, 0.6) is 0 Å². The van der Waals surface area contributed by atoms with Gasteiger partial charge in [-0.2, -0.15) is 0 Å². The molecule has 0 bridgehead atoms. The van der Waals surface area contributed by atoms with E-state index in [0.717, 1.165) is 24.3 Å². The molecule has 0 spiro atoms. The molecule has 0 aromatic heterocycles. The van der Waals surface area contributed by atoms with Crippen LogP contribution in [0.4, 0.5) is 4.79 Å². The van der Waals surface area contributed by atoms with Crippen LogP contribution in [-0.2, 0) is 14.3 Å². The van der Waals surface area contributed by atoms with Gasteiger partial charge in [-0.25, -0.2) is 4.79 Å². The summed E-state index contributed by atoms with van der Waals surface area (Å²) in [7, 11) is 0. The Morgan fingerprint density at radius 3 is 2.29 bits per heavy atom. The number of esters is 1. The second-order valence-electron chi connectivity index (χ2n) is 8.44. The fourth-order valence-electron chi connectivity index (χ4n) is 2.77. The van der Waals surface area contributed by atoms with Gasteiger partial charge in [-0.3, -0.25) is 4.79 Å². The second kappa shape index (κ2) is 16.4. The van der Waals surface area contributed by atoms with Crippen molar-refractivity contribution in [2.45, 2.75) is 105 Å². The molecule has 1 heterocycles. The normalized spacial score (nSPS) is 20.3. The smallest absolute Gasteiger partial charge is 0.405 e.